The van der Waals surface area contributed by atoms with Gasteiger partial charge in [0.15, 0.2) is 5.58 Å². The lowest BCUT2D eigenvalue weighted by atomic mass is 9.88. The number of rotatable bonds is 11. The molecule has 0 fully saturated rings. The Hall–Kier alpha value is -17.3. The van der Waals surface area contributed by atoms with E-state index in [1.165, 1.54) is 54.6 Å². The van der Waals surface area contributed by atoms with Gasteiger partial charge in [-0.05, 0) is 242 Å². The molecule has 0 N–H and O–H groups in total. The van der Waals surface area contributed by atoms with E-state index in [0.717, 1.165) is 226 Å². The van der Waals surface area contributed by atoms with Gasteiger partial charge < -0.3 is 23.2 Å². The van der Waals surface area contributed by atoms with Crippen molar-refractivity contribution in [3.63, 3.8) is 0 Å². The highest BCUT2D eigenvalue weighted by molar-refractivity contribution is 6.39. The summed E-state index contributed by atoms with van der Waals surface area (Å²) in [6.45, 7) is 0.602. The lowest BCUT2D eigenvalue weighted by Gasteiger charge is -2.33. The van der Waals surface area contributed by atoms with Crippen LogP contribution in [0.1, 0.15) is 5.56 Å². The summed E-state index contributed by atoms with van der Waals surface area (Å²) in [7, 11) is 0. The fourth-order valence-corrected chi connectivity index (χ4v) is 21.7. The third-order valence-corrected chi connectivity index (χ3v) is 27.7. The van der Waals surface area contributed by atoms with Crippen molar-refractivity contribution in [2.24, 2.45) is 0 Å². The van der Waals surface area contributed by atoms with Crippen LogP contribution in [0.2, 0.25) is 0 Å². The highest BCUT2D eigenvalue weighted by Crippen LogP contribution is 2.56. The molecule has 21 aromatic carbocycles. The van der Waals surface area contributed by atoms with E-state index in [1.807, 2.05) is 18.5 Å². The summed E-state index contributed by atoms with van der Waals surface area (Å²) in [5, 5.41) is 25.2. The van der Waals surface area contributed by atoms with E-state index in [1.54, 1.807) is 0 Å². The third-order valence-electron chi connectivity index (χ3n) is 27.7. The average Bonchev–Trinajstić information content (AvgIpc) is 1.51. The van der Waals surface area contributed by atoms with Crippen molar-refractivity contribution in [1.82, 2.24) is 19.5 Å². The first-order valence-corrected chi connectivity index (χ1v) is 44.5. The molecule has 0 aliphatic carbocycles. The molecule has 6 aromatic heterocycles. The molecule has 0 amide bonds. The zero-order chi connectivity index (χ0) is 84.9. The Morgan fingerprint density at radius 3 is 1.69 bits per heavy atom. The highest BCUT2D eigenvalue weighted by atomic mass is 16.3. The van der Waals surface area contributed by atoms with E-state index >= 15 is 0 Å². The molecule has 7 heterocycles. The van der Waals surface area contributed by atoms with Gasteiger partial charge in [0.1, 0.15) is 16.7 Å². The molecule has 0 unspecified atom stereocenters. The lowest BCUT2D eigenvalue weighted by Crippen LogP contribution is -2.21. The Labute approximate surface area is 745 Å². The molecular formula is C122H72N6O2. The molecule has 28 rings (SSSR count). The first kappa shape index (κ1) is 72.0. The average molecular weight is 1650 g/mol. The first-order chi connectivity index (χ1) is 64.4. The molecule has 8 nitrogen and oxygen atoms in total. The number of hydrogen-bond acceptors (Lipinski definition) is 7. The number of nitrogens with zero attached hydrogens (tertiary/aromatic N) is 6. The fraction of sp³-hybridized carbons (Fsp3) is 0.00820. The van der Waals surface area contributed by atoms with Gasteiger partial charge in [-0.1, -0.05) is 273 Å². The minimum absolute atomic E-state index is 0.602. The van der Waals surface area contributed by atoms with Crippen molar-refractivity contribution >= 4 is 191 Å². The Bertz CT molecular complexity index is 9490. The summed E-state index contributed by atoms with van der Waals surface area (Å²) in [5.41, 5.74) is 28.0. The SMILES string of the molecule is c1ccc(-n2c3ccccc3c3c(-c4ccc(-c5cc6oc7c(N(c8cccc9ccccc89)c8cc(-c9ccc%10ccccc%10c9)cc9ccccc89)ccc8c9cc(N%10Cc%11ccc(-c%12ccc%13ccc%14ccccc%14c%13c%12)cc%11-c%11ccccc%11%10)cc%10oc%11cc(-c%12nc%13ccccc%13c%13cc(-c%14cccnc%14)ccc%12%13)cc(c(c5)c6c78)c%11c%109)cn4)cccc32)cc1. The van der Waals surface area contributed by atoms with Crippen molar-refractivity contribution in [3.05, 3.63) is 431 Å². The van der Waals surface area contributed by atoms with Gasteiger partial charge in [-0.2, -0.15) is 0 Å². The molecule has 0 saturated heterocycles. The van der Waals surface area contributed by atoms with Crippen LogP contribution < -0.4 is 9.80 Å². The number of furan rings is 2. The number of pyridine rings is 3. The minimum Gasteiger partial charge on any atom is -0.456 e. The summed E-state index contributed by atoms with van der Waals surface area (Å²) in [5.74, 6) is 0. The van der Waals surface area contributed by atoms with Gasteiger partial charge in [0.2, 0.25) is 0 Å². The second kappa shape index (κ2) is 28.1. The van der Waals surface area contributed by atoms with Crippen LogP contribution in [0.3, 0.4) is 0 Å². The van der Waals surface area contributed by atoms with Gasteiger partial charge in [0.05, 0.1) is 45.0 Å². The van der Waals surface area contributed by atoms with Crippen LogP contribution in [0.5, 0.6) is 0 Å². The van der Waals surface area contributed by atoms with Crippen LogP contribution in [0, 0.1) is 0 Å². The lowest BCUT2D eigenvalue weighted by molar-refractivity contribution is 0.669. The Morgan fingerprint density at radius 1 is 0.269 bits per heavy atom. The van der Waals surface area contributed by atoms with E-state index < -0.39 is 0 Å². The highest BCUT2D eigenvalue weighted by Gasteiger charge is 2.32. The number of fused-ring (bicyclic) bond motifs is 17. The fourth-order valence-electron chi connectivity index (χ4n) is 21.7. The molecular weight excluding hydrogens is 1580 g/mol. The van der Waals surface area contributed by atoms with Gasteiger partial charge in [0.25, 0.3) is 0 Å². The molecule has 0 radical (unpaired) electrons. The van der Waals surface area contributed by atoms with Crippen LogP contribution in [0.4, 0.5) is 28.4 Å². The van der Waals surface area contributed by atoms with Crippen molar-refractivity contribution in [2.75, 3.05) is 9.80 Å². The molecule has 130 heavy (non-hydrogen) atoms. The van der Waals surface area contributed by atoms with Crippen LogP contribution in [0.25, 0.3) is 247 Å². The molecule has 27 aromatic rings. The van der Waals surface area contributed by atoms with Crippen LogP contribution >= 0.6 is 0 Å². The van der Waals surface area contributed by atoms with E-state index in [2.05, 4.69) is 426 Å². The largest absolute Gasteiger partial charge is 0.456 e. The van der Waals surface area contributed by atoms with Gasteiger partial charge >= 0.3 is 0 Å². The number of benzene rings is 20. The summed E-state index contributed by atoms with van der Waals surface area (Å²) in [6.07, 6.45) is 5.83. The maximum Gasteiger partial charge on any atom is 0.160 e. The summed E-state index contributed by atoms with van der Waals surface area (Å²) < 4.78 is 18.5. The number of anilines is 5. The standard InChI is InChI=1S/C122H72N6O2/c1-2-28-88(29-3-1)127-109-39-17-14-35-98(109)116-97(36-19-41-110(116)127)105-54-51-83(70-124-105)86-62-102-103-63-87(121-96-52-50-80(82-27-20-56-123-69-82)61-101(96)93-33-12-15-37-106(93)125-121)66-113-117(103)118-104(67-89(68-115(118)129-113)126-71-84-49-48-79(60-100(84)94-34-13-16-38-107(94)126)78-47-45-75-44-43-74-23-6-9-30-90(74)99(75)59-78)95-53-55-111(122-120(95)119(102)114(65-86)130-122)128(108-40-18-26-73-22-7-10-31-91(73)108)112-64-85(58-81-25-8-11-32-92(81)112)77-46-42-72-21-4-5-24-76(72)57-77/h1-70H,71H2. The third kappa shape index (κ3) is 11.0. The predicted molar refractivity (Wildman–Crippen MR) is 542 cm³/mol. The van der Waals surface area contributed by atoms with E-state index in [4.69, 9.17) is 18.8 Å². The summed E-state index contributed by atoms with van der Waals surface area (Å²) in [4.78, 5) is 20.9. The molecule has 1 aliphatic heterocycles. The normalized spacial score (nSPS) is 12.4. The van der Waals surface area contributed by atoms with Crippen LogP contribution in [-0.4, -0.2) is 19.5 Å². The summed E-state index contributed by atoms with van der Waals surface area (Å²) in [6, 6.07) is 149. The van der Waals surface area contributed by atoms with Gasteiger partial charge in [-0.15, -0.1) is 0 Å². The quantitative estimate of drug-likeness (QED) is 0.119. The molecule has 1 aliphatic rings. The van der Waals surface area contributed by atoms with E-state index in [-0.39, 0.29) is 0 Å². The van der Waals surface area contributed by atoms with Gasteiger partial charge in [0, 0.05) is 130 Å². The van der Waals surface area contributed by atoms with Crippen molar-refractivity contribution in [3.8, 4) is 83.8 Å². The topological polar surface area (TPSA) is 76.4 Å². The maximum absolute atomic E-state index is 8.22. The van der Waals surface area contributed by atoms with Crippen molar-refractivity contribution in [1.29, 1.82) is 0 Å². The first-order valence-electron chi connectivity index (χ1n) is 44.5. The molecule has 0 saturated carbocycles. The van der Waals surface area contributed by atoms with Gasteiger partial charge in [-0.25, -0.2) is 4.98 Å². The van der Waals surface area contributed by atoms with Crippen molar-refractivity contribution in [2.45, 2.75) is 6.54 Å². The monoisotopic (exact) mass is 1650 g/mol. The molecule has 602 valence electrons. The second-order valence-electron chi connectivity index (χ2n) is 34.8. The van der Waals surface area contributed by atoms with E-state index in [0.29, 0.717) is 6.54 Å². The van der Waals surface area contributed by atoms with E-state index in [9.17, 15) is 0 Å². The number of aromatic nitrogens is 4. The van der Waals surface area contributed by atoms with Crippen LogP contribution in [0.15, 0.2) is 434 Å². The second-order valence-corrected chi connectivity index (χ2v) is 34.8. The predicted octanol–water partition coefficient (Wildman–Crippen LogP) is 33.4. The smallest absolute Gasteiger partial charge is 0.160 e. The minimum atomic E-state index is 0.602. The molecule has 0 bridgehead atoms. The maximum atomic E-state index is 8.22. The Morgan fingerprint density at radius 2 is 0.846 bits per heavy atom. The van der Waals surface area contributed by atoms with Crippen molar-refractivity contribution < 1.29 is 8.83 Å². The Kier molecular flexibility index (Phi) is 15.6. The van der Waals surface area contributed by atoms with Crippen LogP contribution in [-0.2, 0) is 6.54 Å². The molecule has 0 atom stereocenters. The number of hydrogen-bond donors (Lipinski definition) is 0. The number of para-hydroxylation sites is 4. The zero-order valence-electron chi connectivity index (χ0n) is 70.1. The van der Waals surface area contributed by atoms with Gasteiger partial charge in [-0.3, -0.25) is 9.97 Å². The molecule has 0 spiro atoms. The molecule has 8 heteroatoms. The Balaban J connectivity index is 0.728. The zero-order valence-corrected chi connectivity index (χ0v) is 70.1. The summed E-state index contributed by atoms with van der Waals surface area (Å²) >= 11 is 0.